The molecule has 2 rings (SSSR count). The second-order valence-corrected chi connectivity index (χ2v) is 6.52. The SMILES string of the molecule is COC(=O)C1(C(=O)OC2CC(C)CCC2C(C)C)CN1. The van der Waals surface area contributed by atoms with Crippen LogP contribution in [-0.4, -0.2) is 37.2 Å². The van der Waals surface area contributed by atoms with Gasteiger partial charge in [-0.1, -0.05) is 27.2 Å². The van der Waals surface area contributed by atoms with Gasteiger partial charge >= 0.3 is 11.9 Å². The molecule has 114 valence electrons. The van der Waals surface area contributed by atoms with Gasteiger partial charge in [-0.15, -0.1) is 0 Å². The molecular formula is C15H25NO4. The summed E-state index contributed by atoms with van der Waals surface area (Å²) >= 11 is 0. The summed E-state index contributed by atoms with van der Waals surface area (Å²) in [5.41, 5.74) is -1.24. The molecule has 2 fully saturated rings. The minimum atomic E-state index is -1.24. The maximum atomic E-state index is 12.3. The van der Waals surface area contributed by atoms with Crippen molar-refractivity contribution in [1.82, 2.24) is 5.32 Å². The summed E-state index contributed by atoms with van der Waals surface area (Å²) in [5.74, 6) is 0.385. The van der Waals surface area contributed by atoms with Gasteiger partial charge in [-0.05, 0) is 30.6 Å². The molecule has 5 nitrogen and oxygen atoms in total. The number of carbonyl (C=O) groups excluding carboxylic acids is 2. The fourth-order valence-electron chi connectivity index (χ4n) is 3.12. The molecule has 0 amide bonds. The van der Waals surface area contributed by atoms with E-state index in [0.717, 1.165) is 12.8 Å². The van der Waals surface area contributed by atoms with Gasteiger partial charge in [0.15, 0.2) is 0 Å². The van der Waals surface area contributed by atoms with E-state index in [4.69, 9.17) is 4.74 Å². The Morgan fingerprint density at radius 2 is 1.90 bits per heavy atom. The standard InChI is InChI=1S/C15H25NO4/c1-9(2)11-6-5-10(3)7-12(11)20-14(18)15(8-16-15)13(17)19-4/h9-12,16H,5-8H2,1-4H3. The van der Waals surface area contributed by atoms with Crippen molar-refractivity contribution in [3.63, 3.8) is 0 Å². The Hall–Kier alpha value is -1.10. The van der Waals surface area contributed by atoms with Gasteiger partial charge in [-0.3, -0.25) is 5.32 Å². The molecule has 1 saturated heterocycles. The quantitative estimate of drug-likeness (QED) is 0.481. The van der Waals surface area contributed by atoms with Crippen LogP contribution in [-0.2, 0) is 19.1 Å². The molecule has 4 unspecified atom stereocenters. The predicted molar refractivity (Wildman–Crippen MR) is 74.0 cm³/mol. The lowest BCUT2D eigenvalue weighted by atomic mass is 9.75. The highest BCUT2D eigenvalue weighted by Crippen LogP contribution is 2.36. The van der Waals surface area contributed by atoms with Crippen LogP contribution in [0.15, 0.2) is 0 Å². The van der Waals surface area contributed by atoms with Crippen molar-refractivity contribution in [3.8, 4) is 0 Å². The largest absolute Gasteiger partial charge is 0.467 e. The van der Waals surface area contributed by atoms with E-state index in [9.17, 15) is 9.59 Å². The van der Waals surface area contributed by atoms with Gasteiger partial charge in [-0.25, -0.2) is 9.59 Å². The van der Waals surface area contributed by atoms with Crippen molar-refractivity contribution >= 4 is 11.9 Å². The highest BCUT2D eigenvalue weighted by atomic mass is 16.6. The van der Waals surface area contributed by atoms with Crippen molar-refractivity contribution in [2.45, 2.75) is 51.7 Å². The van der Waals surface area contributed by atoms with Crippen LogP contribution in [0.2, 0.25) is 0 Å². The third-order valence-electron chi connectivity index (χ3n) is 4.63. The maximum absolute atomic E-state index is 12.3. The van der Waals surface area contributed by atoms with Crippen molar-refractivity contribution in [2.75, 3.05) is 13.7 Å². The van der Waals surface area contributed by atoms with Gasteiger partial charge in [0.25, 0.3) is 0 Å². The smallest absolute Gasteiger partial charge is 0.339 e. The minimum absolute atomic E-state index is 0.0878. The summed E-state index contributed by atoms with van der Waals surface area (Å²) in [6.45, 7) is 6.82. The van der Waals surface area contributed by atoms with E-state index in [0.29, 0.717) is 24.3 Å². The Bertz CT molecular complexity index is 389. The molecular weight excluding hydrogens is 258 g/mol. The fourth-order valence-corrected chi connectivity index (χ4v) is 3.12. The lowest BCUT2D eigenvalue weighted by Crippen LogP contribution is -2.44. The monoisotopic (exact) mass is 283 g/mol. The second-order valence-electron chi connectivity index (χ2n) is 6.52. The number of esters is 2. The molecule has 1 heterocycles. The van der Waals surface area contributed by atoms with Gasteiger partial charge in [0, 0.05) is 6.54 Å². The molecule has 5 heteroatoms. The van der Waals surface area contributed by atoms with Crippen LogP contribution in [0.1, 0.15) is 40.0 Å². The number of nitrogens with one attached hydrogen (secondary N) is 1. The summed E-state index contributed by atoms with van der Waals surface area (Å²) in [6, 6.07) is 0. The first-order chi connectivity index (χ1) is 9.40. The van der Waals surface area contributed by atoms with Crippen LogP contribution in [0.4, 0.5) is 0 Å². The van der Waals surface area contributed by atoms with Crippen LogP contribution in [0.25, 0.3) is 0 Å². The maximum Gasteiger partial charge on any atom is 0.339 e. The number of hydrogen-bond donors (Lipinski definition) is 1. The lowest BCUT2D eigenvalue weighted by Gasteiger charge is -2.37. The number of rotatable bonds is 4. The Kier molecular flexibility index (Phi) is 4.37. The third kappa shape index (κ3) is 2.82. The predicted octanol–water partition coefficient (Wildman–Crippen LogP) is 1.51. The number of carbonyl (C=O) groups is 2. The number of ether oxygens (including phenoxy) is 2. The van der Waals surface area contributed by atoms with Crippen molar-refractivity contribution in [2.24, 2.45) is 17.8 Å². The summed E-state index contributed by atoms with van der Waals surface area (Å²) in [4.78, 5) is 24.0. The van der Waals surface area contributed by atoms with Crippen LogP contribution < -0.4 is 5.32 Å². The lowest BCUT2D eigenvalue weighted by molar-refractivity contribution is -0.165. The first-order valence-electron chi connectivity index (χ1n) is 7.45. The Morgan fingerprint density at radius 1 is 1.25 bits per heavy atom. The van der Waals surface area contributed by atoms with Gasteiger partial charge in [0.05, 0.1) is 7.11 Å². The zero-order valence-electron chi connectivity index (χ0n) is 12.8. The summed E-state index contributed by atoms with van der Waals surface area (Å²) in [7, 11) is 1.29. The summed E-state index contributed by atoms with van der Waals surface area (Å²) in [6.07, 6.45) is 3.05. The minimum Gasteiger partial charge on any atom is -0.467 e. The van der Waals surface area contributed by atoms with E-state index in [2.05, 4.69) is 30.8 Å². The number of methoxy groups -OCH3 is 1. The van der Waals surface area contributed by atoms with Crippen LogP contribution in [0, 0.1) is 17.8 Å². The topological polar surface area (TPSA) is 74.5 Å². The highest BCUT2D eigenvalue weighted by Gasteiger charge is 2.60. The Morgan fingerprint density at radius 3 is 2.40 bits per heavy atom. The normalized spacial score (nSPS) is 36.5. The molecule has 0 aromatic rings. The summed E-state index contributed by atoms with van der Waals surface area (Å²) < 4.78 is 10.4. The molecule has 20 heavy (non-hydrogen) atoms. The van der Waals surface area contributed by atoms with E-state index >= 15 is 0 Å². The van der Waals surface area contributed by atoms with Crippen molar-refractivity contribution < 1.29 is 19.1 Å². The second kappa shape index (κ2) is 5.72. The van der Waals surface area contributed by atoms with Crippen LogP contribution >= 0.6 is 0 Å². The molecule has 1 aliphatic heterocycles. The first-order valence-corrected chi connectivity index (χ1v) is 7.45. The molecule has 1 aliphatic carbocycles. The van der Waals surface area contributed by atoms with Crippen LogP contribution in [0.5, 0.6) is 0 Å². The Balaban J connectivity index is 2.03. The molecule has 0 aromatic carbocycles. The Labute approximate surface area is 120 Å². The molecule has 1 N–H and O–H groups in total. The van der Waals surface area contributed by atoms with E-state index in [1.54, 1.807) is 0 Å². The zero-order valence-corrected chi connectivity index (χ0v) is 12.8. The van der Waals surface area contributed by atoms with Crippen molar-refractivity contribution in [3.05, 3.63) is 0 Å². The highest BCUT2D eigenvalue weighted by molar-refractivity contribution is 6.08. The average Bonchev–Trinajstić information content (AvgIpc) is 3.19. The fraction of sp³-hybridized carbons (Fsp3) is 0.867. The van der Waals surface area contributed by atoms with E-state index in [1.165, 1.54) is 13.5 Å². The van der Waals surface area contributed by atoms with Gasteiger partial charge < -0.3 is 9.47 Å². The first kappa shape index (κ1) is 15.3. The average molecular weight is 283 g/mol. The molecule has 4 atom stereocenters. The van der Waals surface area contributed by atoms with Gasteiger partial charge in [-0.2, -0.15) is 0 Å². The molecule has 2 aliphatic rings. The molecule has 1 saturated carbocycles. The van der Waals surface area contributed by atoms with Crippen molar-refractivity contribution in [1.29, 1.82) is 0 Å². The number of hydrogen-bond acceptors (Lipinski definition) is 5. The van der Waals surface area contributed by atoms with Crippen LogP contribution in [0.3, 0.4) is 0 Å². The molecule has 0 spiro atoms. The van der Waals surface area contributed by atoms with E-state index in [-0.39, 0.29) is 6.10 Å². The van der Waals surface area contributed by atoms with Gasteiger partial charge in [0.1, 0.15) is 6.10 Å². The molecule has 0 aromatic heterocycles. The molecule has 0 radical (unpaired) electrons. The van der Waals surface area contributed by atoms with E-state index in [1.807, 2.05) is 0 Å². The third-order valence-corrected chi connectivity index (χ3v) is 4.63. The van der Waals surface area contributed by atoms with Gasteiger partial charge in [0.2, 0.25) is 5.54 Å². The molecule has 0 bridgehead atoms. The van der Waals surface area contributed by atoms with E-state index < -0.39 is 17.5 Å². The zero-order chi connectivity index (χ0) is 14.9. The summed E-state index contributed by atoms with van der Waals surface area (Å²) in [5, 5.41) is 2.79.